The van der Waals surface area contributed by atoms with Crippen LogP contribution in [0.15, 0.2) is 36.5 Å². The number of carbonyl (C=O) groups is 1. The first-order chi connectivity index (χ1) is 14.2. The molecule has 0 saturated carbocycles. The zero-order valence-electron chi connectivity index (χ0n) is 16.3. The number of para-hydroxylation sites is 2. The number of aromatic nitrogens is 4. The summed E-state index contributed by atoms with van der Waals surface area (Å²) in [7, 11) is 0. The minimum atomic E-state index is -0.260. The maximum absolute atomic E-state index is 12.3. The maximum atomic E-state index is 12.3. The number of morpholine rings is 1. The molecule has 0 spiro atoms. The summed E-state index contributed by atoms with van der Waals surface area (Å²) < 4.78 is 5.39. The van der Waals surface area contributed by atoms with Crippen LogP contribution in [-0.4, -0.2) is 65.2 Å². The lowest BCUT2D eigenvalue weighted by atomic mass is 10.3. The van der Waals surface area contributed by atoms with Gasteiger partial charge in [-0.15, -0.1) is 0 Å². The zero-order chi connectivity index (χ0) is 20.1. The fourth-order valence-corrected chi connectivity index (χ4v) is 3.09. The number of rotatable bonds is 6. The van der Waals surface area contributed by atoms with Crippen molar-refractivity contribution in [2.45, 2.75) is 6.92 Å². The summed E-state index contributed by atoms with van der Waals surface area (Å²) in [5.74, 6) is 1.18. The summed E-state index contributed by atoms with van der Waals surface area (Å²) in [4.78, 5) is 32.1. The van der Waals surface area contributed by atoms with Crippen molar-refractivity contribution < 1.29 is 9.53 Å². The van der Waals surface area contributed by atoms with Gasteiger partial charge < -0.3 is 20.3 Å². The standard InChI is InChI=1S/C20H23N7O2/c1-14-12-18(27-8-10-29-11-9-27)26-20(24-14)22-7-6-21-19(28)17-13-23-15-4-2-3-5-16(15)25-17/h2-5,12-13H,6-11H2,1H3,(H,21,28)(H,22,24,26). The van der Waals surface area contributed by atoms with E-state index < -0.39 is 0 Å². The van der Waals surface area contributed by atoms with E-state index in [0.717, 1.165) is 30.1 Å². The third kappa shape index (κ3) is 4.75. The topological polar surface area (TPSA) is 105 Å². The van der Waals surface area contributed by atoms with Gasteiger partial charge in [0.15, 0.2) is 0 Å². The second kappa shape index (κ2) is 8.78. The van der Waals surface area contributed by atoms with Crippen LogP contribution in [0, 0.1) is 6.92 Å². The van der Waals surface area contributed by atoms with Crippen LogP contribution in [0.4, 0.5) is 11.8 Å². The minimum Gasteiger partial charge on any atom is -0.378 e. The van der Waals surface area contributed by atoms with Gasteiger partial charge in [0.05, 0.1) is 30.4 Å². The molecule has 1 saturated heterocycles. The number of nitrogens with one attached hydrogen (secondary N) is 2. The molecule has 3 aromatic rings. The Morgan fingerprint density at radius 2 is 1.90 bits per heavy atom. The Bertz CT molecular complexity index is 1010. The Morgan fingerprint density at radius 1 is 1.10 bits per heavy atom. The summed E-state index contributed by atoms with van der Waals surface area (Å²) in [6, 6.07) is 9.43. The number of aryl methyl sites for hydroxylation is 1. The molecule has 0 bridgehead atoms. The smallest absolute Gasteiger partial charge is 0.271 e. The highest BCUT2D eigenvalue weighted by atomic mass is 16.5. The van der Waals surface area contributed by atoms with Gasteiger partial charge in [-0.2, -0.15) is 4.98 Å². The SMILES string of the molecule is Cc1cc(N2CCOCC2)nc(NCCNC(=O)c2cnc3ccccc3n2)n1. The van der Waals surface area contributed by atoms with E-state index in [1.54, 1.807) is 0 Å². The highest BCUT2D eigenvalue weighted by Crippen LogP contribution is 2.16. The van der Waals surface area contributed by atoms with Gasteiger partial charge in [0.25, 0.3) is 5.91 Å². The molecule has 4 rings (SSSR count). The minimum absolute atomic E-state index is 0.260. The van der Waals surface area contributed by atoms with Crippen LogP contribution >= 0.6 is 0 Å². The Kier molecular flexibility index (Phi) is 5.76. The number of fused-ring (bicyclic) bond motifs is 1. The van der Waals surface area contributed by atoms with Crippen LogP contribution in [0.2, 0.25) is 0 Å². The van der Waals surface area contributed by atoms with Crippen molar-refractivity contribution in [3.8, 4) is 0 Å². The Morgan fingerprint density at radius 3 is 2.72 bits per heavy atom. The largest absolute Gasteiger partial charge is 0.378 e. The van der Waals surface area contributed by atoms with Crippen molar-refractivity contribution in [3.63, 3.8) is 0 Å². The first-order valence-electron chi connectivity index (χ1n) is 9.61. The maximum Gasteiger partial charge on any atom is 0.271 e. The number of carbonyl (C=O) groups excluding carboxylic acids is 1. The normalized spacial score (nSPS) is 14.0. The second-order valence-corrected chi connectivity index (χ2v) is 6.72. The van der Waals surface area contributed by atoms with E-state index in [1.165, 1.54) is 6.20 Å². The molecule has 3 heterocycles. The van der Waals surface area contributed by atoms with Gasteiger partial charge in [0.1, 0.15) is 11.5 Å². The highest BCUT2D eigenvalue weighted by molar-refractivity contribution is 5.93. The summed E-state index contributed by atoms with van der Waals surface area (Å²) >= 11 is 0. The third-order valence-corrected chi connectivity index (χ3v) is 4.55. The predicted octanol–water partition coefficient (Wildman–Crippen LogP) is 1.41. The quantitative estimate of drug-likeness (QED) is 0.606. The van der Waals surface area contributed by atoms with Crippen LogP contribution in [0.5, 0.6) is 0 Å². The summed E-state index contributed by atoms with van der Waals surface area (Å²) in [5, 5.41) is 6.01. The number of hydrogen-bond donors (Lipinski definition) is 2. The van der Waals surface area contributed by atoms with E-state index in [0.29, 0.717) is 43.5 Å². The molecule has 1 aliphatic rings. The van der Waals surface area contributed by atoms with E-state index in [1.807, 2.05) is 37.3 Å². The van der Waals surface area contributed by atoms with Crippen molar-refractivity contribution in [1.82, 2.24) is 25.3 Å². The molecule has 2 aromatic heterocycles. The highest BCUT2D eigenvalue weighted by Gasteiger charge is 2.14. The van der Waals surface area contributed by atoms with Crippen LogP contribution in [0.1, 0.15) is 16.2 Å². The Labute approximate surface area is 168 Å². The number of benzene rings is 1. The van der Waals surface area contributed by atoms with Crippen molar-refractivity contribution >= 4 is 28.7 Å². The van der Waals surface area contributed by atoms with Crippen LogP contribution < -0.4 is 15.5 Å². The number of hydrogen-bond acceptors (Lipinski definition) is 8. The molecule has 1 aliphatic heterocycles. The van der Waals surface area contributed by atoms with E-state index >= 15 is 0 Å². The van der Waals surface area contributed by atoms with E-state index in [2.05, 4.69) is 35.5 Å². The lowest BCUT2D eigenvalue weighted by Crippen LogP contribution is -2.37. The molecule has 9 heteroatoms. The van der Waals surface area contributed by atoms with Gasteiger partial charge in [-0.3, -0.25) is 9.78 Å². The summed E-state index contributed by atoms with van der Waals surface area (Å²) in [5.41, 5.74) is 2.64. The fraction of sp³-hybridized carbons (Fsp3) is 0.350. The van der Waals surface area contributed by atoms with E-state index in [9.17, 15) is 4.79 Å². The molecule has 29 heavy (non-hydrogen) atoms. The van der Waals surface area contributed by atoms with Crippen molar-refractivity contribution in [3.05, 3.63) is 47.9 Å². The Balaban J connectivity index is 1.31. The summed E-state index contributed by atoms with van der Waals surface area (Å²) in [6.07, 6.45) is 1.49. The van der Waals surface area contributed by atoms with Crippen molar-refractivity contribution in [1.29, 1.82) is 0 Å². The van der Waals surface area contributed by atoms with E-state index in [4.69, 9.17) is 4.74 Å². The average molecular weight is 393 g/mol. The predicted molar refractivity (Wildman–Crippen MR) is 110 cm³/mol. The van der Waals surface area contributed by atoms with E-state index in [-0.39, 0.29) is 5.91 Å². The molecule has 0 aliphatic carbocycles. The van der Waals surface area contributed by atoms with Crippen molar-refractivity contribution in [2.75, 3.05) is 49.6 Å². The first-order valence-corrected chi connectivity index (χ1v) is 9.61. The van der Waals surface area contributed by atoms with Gasteiger partial charge in [0.2, 0.25) is 5.95 Å². The van der Waals surface area contributed by atoms with Crippen LogP contribution in [-0.2, 0) is 4.74 Å². The third-order valence-electron chi connectivity index (χ3n) is 4.55. The number of anilines is 2. The molecular weight excluding hydrogens is 370 g/mol. The zero-order valence-corrected chi connectivity index (χ0v) is 16.3. The molecule has 0 radical (unpaired) electrons. The van der Waals surface area contributed by atoms with Gasteiger partial charge in [-0.25, -0.2) is 9.97 Å². The van der Waals surface area contributed by atoms with Gasteiger partial charge >= 0.3 is 0 Å². The number of nitrogens with zero attached hydrogens (tertiary/aromatic N) is 5. The average Bonchev–Trinajstić information content (AvgIpc) is 2.76. The summed E-state index contributed by atoms with van der Waals surface area (Å²) in [6.45, 7) is 5.90. The van der Waals surface area contributed by atoms with Crippen LogP contribution in [0.25, 0.3) is 11.0 Å². The molecule has 150 valence electrons. The fourth-order valence-electron chi connectivity index (χ4n) is 3.09. The second-order valence-electron chi connectivity index (χ2n) is 6.72. The Hall–Kier alpha value is -3.33. The first kappa shape index (κ1) is 19.0. The van der Waals surface area contributed by atoms with Gasteiger partial charge in [0, 0.05) is 37.9 Å². The number of ether oxygens (including phenoxy) is 1. The molecular formula is C20H23N7O2. The lowest BCUT2D eigenvalue weighted by molar-refractivity contribution is 0.0950. The van der Waals surface area contributed by atoms with Crippen molar-refractivity contribution in [2.24, 2.45) is 0 Å². The number of amides is 1. The molecule has 0 atom stereocenters. The lowest BCUT2D eigenvalue weighted by Gasteiger charge is -2.28. The van der Waals surface area contributed by atoms with Gasteiger partial charge in [-0.05, 0) is 19.1 Å². The molecule has 2 N–H and O–H groups in total. The molecule has 1 fully saturated rings. The molecule has 0 unspecified atom stereocenters. The monoisotopic (exact) mass is 393 g/mol. The van der Waals surface area contributed by atoms with Gasteiger partial charge in [-0.1, -0.05) is 12.1 Å². The molecule has 9 nitrogen and oxygen atoms in total. The molecule has 1 aromatic carbocycles. The molecule has 1 amide bonds. The van der Waals surface area contributed by atoms with Crippen LogP contribution in [0.3, 0.4) is 0 Å².